The van der Waals surface area contributed by atoms with Crippen LogP contribution in [0.15, 0.2) is 23.1 Å². The maximum atomic E-state index is 13.5. The topological polar surface area (TPSA) is 99.2 Å². The molecule has 1 aliphatic rings. The highest BCUT2D eigenvalue weighted by Gasteiger charge is 2.38. The van der Waals surface area contributed by atoms with Gasteiger partial charge in [-0.25, -0.2) is 13.2 Å². The van der Waals surface area contributed by atoms with Gasteiger partial charge in [-0.05, 0) is 37.5 Å². The van der Waals surface area contributed by atoms with Crippen LogP contribution in [0.1, 0.15) is 53.0 Å². The van der Waals surface area contributed by atoms with E-state index in [4.69, 9.17) is 4.74 Å². The molecule has 190 valence electrons. The molecule has 34 heavy (non-hydrogen) atoms. The summed E-state index contributed by atoms with van der Waals surface area (Å²) in [7, 11) is -2.22. The Morgan fingerprint density at radius 3 is 2.68 bits per heavy atom. The highest BCUT2D eigenvalue weighted by Crippen LogP contribution is 2.34. The molecule has 0 radical (unpaired) electrons. The van der Waals surface area contributed by atoms with Crippen LogP contribution < -0.4 is 10.1 Å². The van der Waals surface area contributed by atoms with E-state index < -0.39 is 22.2 Å². The lowest BCUT2D eigenvalue weighted by molar-refractivity contribution is 0.0812. The van der Waals surface area contributed by atoms with Gasteiger partial charge < -0.3 is 20.1 Å². The Balaban J connectivity index is 2.48. The fourth-order valence-electron chi connectivity index (χ4n) is 3.60. The van der Waals surface area contributed by atoms with Crippen molar-refractivity contribution in [2.75, 3.05) is 33.3 Å². The molecule has 2 amide bonds. The molecule has 2 N–H and O–H groups in total. The number of rotatable bonds is 7. The standard InChI is InChI=1S/C25H39N3O5S/c1-7-13-26-25(30)27(6)16-23-19(4)15-28(20(5)17-29)34(31,32)24-12-11-21(14-22(24)33-23)10-8-9-18(2)3/h11-12,14,18-20,23,29H,7,9,13,15-17H2,1-6H3,(H,26,30)/t19-,20-,23+/m0/s1. The average Bonchev–Trinajstić information content (AvgIpc) is 2.78. The van der Waals surface area contributed by atoms with Crippen LogP contribution in [0.3, 0.4) is 0 Å². The third kappa shape index (κ3) is 7.11. The molecule has 0 aromatic heterocycles. The molecule has 2 rings (SSSR count). The first-order chi connectivity index (χ1) is 16.0. The van der Waals surface area contributed by atoms with E-state index in [0.29, 0.717) is 18.0 Å². The van der Waals surface area contributed by atoms with Gasteiger partial charge in [0.2, 0.25) is 10.0 Å². The highest BCUT2D eigenvalue weighted by molar-refractivity contribution is 7.89. The molecule has 0 aliphatic carbocycles. The van der Waals surface area contributed by atoms with Crippen LogP contribution >= 0.6 is 0 Å². The fraction of sp³-hybridized carbons (Fsp3) is 0.640. The quantitative estimate of drug-likeness (QED) is 0.569. The largest absolute Gasteiger partial charge is 0.487 e. The second kappa shape index (κ2) is 12.4. The minimum absolute atomic E-state index is 0.0391. The first-order valence-electron chi connectivity index (χ1n) is 11.9. The molecule has 0 spiro atoms. The third-order valence-corrected chi connectivity index (χ3v) is 7.76. The van der Waals surface area contributed by atoms with Gasteiger partial charge in [0.1, 0.15) is 16.7 Å². The second-order valence-corrected chi connectivity index (χ2v) is 11.3. The SMILES string of the molecule is CCCNC(=O)N(C)C[C@H]1Oc2cc(C#CCC(C)C)ccc2S(=O)(=O)N([C@@H](C)CO)C[C@@H]1C. The molecule has 8 nitrogen and oxygen atoms in total. The van der Waals surface area contributed by atoms with Crippen LogP contribution in [-0.2, 0) is 10.0 Å². The number of hydrogen-bond acceptors (Lipinski definition) is 5. The molecule has 0 saturated carbocycles. The molecule has 1 aliphatic heterocycles. The zero-order chi connectivity index (χ0) is 25.5. The summed E-state index contributed by atoms with van der Waals surface area (Å²) in [5, 5.41) is 12.6. The minimum atomic E-state index is -3.91. The predicted octanol–water partition coefficient (Wildman–Crippen LogP) is 2.90. The normalized spacial score (nSPS) is 20.7. The molecular formula is C25H39N3O5S. The van der Waals surface area contributed by atoms with Gasteiger partial charge in [-0.3, -0.25) is 0 Å². The van der Waals surface area contributed by atoms with Crippen molar-refractivity contribution < 1.29 is 23.1 Å². The van der Waals surface area contributed by atoms with Gasteiger partial charge in [0.15, 0.2) is 0 Å². The number of carbonyl (C=O) groups is 1. The number of benzene rings is 1. The van der Waals surface area contributed by atoms with Crippen molar-refractivity contribution in [1.82, 2.24) is 14.5 Å². The molecule has 3 atom stereocenters. The summed E-state index contributed by atoms with van der Waals surface area (Å²) in [5.74, 6) is 6.61. The average molecular weight is 494 g/mol. The summed E-state index contributed by atoms with van der Waals surface area (Å²) in [6, 6.07) is 4.05. The number of aliphatic hydroxyl groups excluding tert-OH is 1. The first kappa shape index (κ1) is 28.0. The van der Waals surface area contributed by atoms with Crippen molar-refractivity contribution in [2.24, 2.45) is 11.8 Å². The van der Waals surface area contributed by atoms with Crippen molar-refractivity contribution >= 4 is 16.1 Å². The molecule has 1 aromatic rings. The Kier molecular flexibility index (Phi) is 10.2. The molecular weight excluding hydrogens is 454 g/mol. The van der Waals surface area contributed by atoms with Gasteiger partial charge in [0.25, 0.3) is 0 Å². The van der Waals surface area contributed by atoms with E-state index >= 15 is 0 Å². The van der Waals surface area contributed by atoms with Crippen LogP contribution in [0.2, 0.25) is 0 Å². The van der Waals surface area contributed by atoms with E-state index in [-0.39, 0.29) is 42.3 Å². The Morgan fingerprint density at radius 2 is 2.06 bits per heavy atom. The number of sulfonamides is 1. The van der Waals surface area contributed by atoms with Crippen molar-refractivity contribution in [2.45, 2.75) is 64.5 Å². The molecule has 0 fully saturated rings. The first-order valence-corrected chi connectivity index (χ1v) is 13.4. The summed E-state index contributed by atoms with van der Waals surface area (Å²) in [5.41, 5.74) is 0.664. The summed E-state index contributed by atoms with van der Waals surface area (Å²) >= 11 is 0. The summed E-state index contributed by atoms with van der Waals surface area (Å²) in [6.07, 6.45) is 1.10. The zero-order valence-electron chi connectivity index (χ0n) is 21.2. The Morgan fingerprint density at radius 1 is 1.35 bits per heavy atom. The van der Waals surface area contributed by atoms with Crippen LogP contribution in [0.5, 0.6) is 5.75 Å². The number of hydrogen-bond donors (Lipinski definition) is 2. The number of fused-ring (bicyclic) bond motifs is 1. The number of amides is 2. The number of nitrogens with one attached hydrogen (secondary N) is 1. The number of ether oxygens (including phenoxy) is 1. The predicted molar refractivity (Wildman–Crippen MR) is 133 cm³/mol. The molecule has 0 unspecified atom stereocenters. The Labute approximate surface area is 204 Å². The minimum Gasteiger partial charge on any atom is -0.487 e. The van der Waals surface area contributed by atoms with E-state index in [2.05, 4.69) is 31.0 Å². The maximum absolute atomic E-state index is 13.5. The van der Waals surface area contributed by atoms with Crippen LogP contribution in [0.25, 0.3) is 0 Å². The summed E-state index contributed by atoms with van der Waals surface area (Å²) in [4.78, 5) is 14.0. The number of likely N-dealkylation sites (N-methyl/N-ethyl adjacent to an activating group) is 1. The zero-order valence-corrected chi connectivity index (χ0v) is 22.0. The van der Waals surface area contributed by atoms with Crippen LogP contribution in [-0.4, -0.2) is 74.2 Å². The molecule has 1 aromatic carbocycles. The smallest absolute Gasteiger partial charge is 0.317 e. The van der Waals surface area contributed by atoms with E-state index in [0.717, 1.165) is 12.8 Å². The van der Waals surface area contributed by atoms with E-state index in [1.165, 1.54) is 10.4 Å². The van der Waals surface area contributed by atoms with Gasteiger partial charge in [-0.15, -0.1) is 0 Å². The number of aliphatic hydroxyl groups is 1. The Hall–Kier alpha value is -2.28. The molecule has 0 saturated heterocycles. The number of nitrogens with zero attached hydrogens (tertiary/aromatic N) is 2. The van der Waals surface area contributed by atoms with Gasteiger partial charge in [0, 0.05) is 44.1 Å². The van der Waals surface area contributed by atoms with Crippen molar-refractivity contribution in [3.05, 3.63) is 23.8 Å². The van der Waals surface area contributed by atoms with E-state index in [9.17, 15) is 18.3 Å². The monoisotopic (exact) mass is 493 g/mol. The van der Waals surface area contributed by atoms with E-state index in [1.54, 1.807) is 31.0 Å². The van der Waals surface area contributed by atoms with Gasteiger partial charge in [-0.2, -0.15) is 4.31 Å². The highest BCUT2D eigenvalue weighted by atomic mass is 32.2. The van der Waals surface area contributed by atoms with Gasteiger partial charge in [-0.1, -0.05) is 39.5 Å². The summed E-state index contributed by atoms with van der Waals surface area (Å²) < 4.78 is 34.6. The third-order valence-electron chi connectivity index (χ3n) is 5.74. The van der Waals surface area contributed by atoms with E-state index in [1.807, 2.05) is 13.8 Å². The van der Waals surface area contributed by atoms with Crippen molar-refractivity contribution in [3.63, 3.8) is 0 Å². The van der Waals surface area contributed by atoms with Crippen LogP contribution in [0, 0.1) is 23.7 Å². The lowest BCUT2D eigenvalue weighted by atomic mass is 10.0. The fourth-order valence-corrected chi connectivity index (χ4v) is 5.42. The lowest BCUT2D eigenvalue weighted by Gasteiger charge is -2.37. The van der Waals surface area contributed by atoms with Crippen LogP contribution in [0.4, 0.5) is 4.79 Å². The van der Waals surface area contributed by atoms with Crippen molar-refractivity contribution in [3.8, 4) is 17.6 Å². The summed E-state index contributed by atoms with van der Waals surface area (Å²) in [6.45, 7) is 10.4. The van der Waals surface area contributed by atoms with Crippen molar-refractivity contribution in [1.29, 1.82) is 0 Å². The van der Waals surface area contributed by atoms with Gasteiger partial charge in [0.05, 0.1) is 13.2 Å². The second-order valence-electron chi connectivity index (χ2n) is 9.41. The number of carbonyl (C=O) groups excluding carboxylic acids is 1. The maximum Gasteiger partial charge on any atom is 0.317 e. The lowest BCUT2D eigenvalue weighted by Crippen LogP contribution is -2.51. The number of urea groups is 1. The molecule has 0 bridgehead atoms. The Bertz CT molecular complexity index is 1000. The molecule has 1 heterocycles. The van der Waals surface area contributed by atoms with Gasteiger partial charge >= 0.3 is 6.03 Å². The molecule has 9 heteroatoms.